The second kappa shape index (κ2) is 25.5. The maximum Gasteiger partial charge on any atom is 0.324 e. The lowest BCUT2D eigenvalue weighted by atomic mass is 10.0. The van der Waals surface area contributed by atoms with Crippen LogP contribution >= 0.6 is 0 Å². The summed E-state index contributed by atoms with van der Waals surface area (Å²) < 4.78 is 0. The molecule has 0 aromatic carbocycles. The molecule has 0 heterocycles. The van der Waals surface area contributed by atoms with Gasteiger partial charge in [0.15, 0.2) is 0 Å². The molecule has 0 amide bonds. The van der Waals surface area contributed by atoms with Crippen LogP contribution in [0.4, 0.5) is 0 Å². The first-order valence-corrected chi connectivity index (χ1v) is 13.2. The van der Waals surface area contributed by atoms with E-state index in [1.54, 1.807) is 0 Å². The highest BCUT2D eigenvalue weighted by atomic mass is 16.7. The zero-order valence-corrected chi connectivity index (χ0v) is 19.9. The number of rotatable bonds is 24. The van der Waals surface area contributed by atoms with Gasteiger partial charge in [0, 0.05) is 6.42 Å². The van der Waals surface area contributed by atoms with E-state index in [2.05, 4.69) is 11.8 Å². The first-order chi connectivity index (χ1) is 14.3. The van der Waals surface area contributed by atoms with Crippen LogP contribution in [0.3, 0.4) is 0 Å². The van der Waals surface area contributed by atoms with E-state index in [9.17, 15) is 4.79 Å². The van der Waals surface area contributed by atoms with E-state index in [4.69, 9.17) is 5.90 Å². The van der Waals surface area contributed by atoms with Crippen LogP contribution < -0.4 is 5.90 Å². The van der Waals surface area contributed by atoms with Crippen molar-refractivity contribution in [2.24, 2.45) is 5.90 Å². The molecule has 29 heavy (non-hydrogen) atoms. The summed E-state index contributed by atoms with van der Waals surface area (Å²) in [6.45, 7) is 2.29. The lowest BCUT2D eigenvalue weighted by Gasteiger charge is -2.04. The number of nitrogens with two attached hydrogens (primary N) is 1. The van der Waals surface area contributed by atoms with E-state index >= 15 is 0 Å². The van der Waals surface area contributed by atoms with Crippen LogP contribution in [0.5, 0.6) is 0 Å². The zero-order chi connectivity index (χ0) is 21.3. The topological polar surface area (TPSA) is 52.3 Å². The lowest BCUT2D eigenvalue weighted by Crippen LogP contribution is -2.08. The molecule has 0 unspecified atom stereocenters. The number of carbonyl (C=O) groups excluding carboxylic acids is 1. The molecule has 0 bridgehead atoms. The Morgan fingerprint density at radius 2 is 0.724 bits per heavy atom. The van der Waals surface area contributed by atoms with Gasteiger partial charge in [-0.15, -0.1) is 0 Å². The van der Waals surface area contributed by atoms with Crippen LogP contribution in [0.25, 0.3) is 0 Å². The van der Waals surface area contributed by atoms with E-state index in [0.29, 0.717) is 6.42 Å². The molecule has 0 aliphatic rings. The van der Waals surface area contributed by atoms with Gasteiger partial charge >= 0.3 is 5.97 Å². The lowest BCUT2D eigenvalue weighted by molar-refractivity contribution is -0.144. The summed E-state index contributed by atoms with van der Waals surface area (Å²) in [6, 6.07) is 0. The summed E-state index contributed by atoms with van der Waals surface area (Å²) in [7, 11) is 0. The Labute approximate surface area is 182 Å². The summed E-state index contributed by atoms with van der Waals surface area (Å²) in [5, 5.41) is 0. The van der Waals surface area contributed by atoms with Crippen molar-refractivity contribution in [3.63, 3.8) is 0 Å². The first-order valence-electron chi connectivity index (χ1n) is 13.2. The van der Waals surface area contributed by atoms with Crippen molar-refractivity contribution in [1.82, 2.24) is 0 Å². The summed E-state index contributed by atoms with van der Waals surface area (Å²) in [4.78, 5) is 15.0. The molecular formula is C26H53NO2. The number of carbonyl (C=O) groups is 1. The monoisotopic (exact) mass is 411 g/mol. The number of hydrogen-bond acceptors (Lipinski definition) is 3. The Morgan fingerprint density at radius 1 is 0.483 bits per heavy atom. The molecule has 0 radical (unpaired) electrons. The van der Waals surface area contributed by atoms with Gasteiger partial charge in [0.1, 0.15) is 0 Å². The predicted octanol–water partition coefficient (Wildman–Crippen LogP) is 8.79. The third-order valence-electron chi connectivity index (χ3n) is 6.12. The van der Waals surface area contributed by atoms with Gasteiger partial charge in [-0.3, -0.25) is 4.79 Å². The average Bonchev–Trinajstić information content (AvgIpc) is 2.74. The van der Waals surface area contributed by atoms with Crippen molar-refractivity contribution in [2.45, 2.75) is 161 Å². The van der Waals surface area contributed by atoms with Gasteiger partial charge in [-0.25, -0.2) is 0 Å². The zero-order valence-electron chi connectivity index (χ0n) is 19.9. The molecule has 3 heteroatoms. The standard InChI is InChI=1S/C26H53NO2/c1-2-3-4-5-6-7-8-9-10-11-12-13-14-15-16-17-18-19-20-21-22-23-24-25-26(28)29-27/h2-25,27H2,1H3. The minimum absolute atomic E-state index is 0.284. The smallest absolute Gasteiger partial charge is 0.324 e. The largest absolute Gasteiger partial charge is 0.373 e. The van der Waals surface area contributed by atoms with Crippen molar-refractivity contribution in [1.29, 1.82) is 0 Å². The fourth-order valence-electron chi connectivity index (χ4n) is 4.11. The van der Waals surface area contributed by atoms with E-state index in [1.807, 2.05) is 0 Å². The molecule has 2 N–H and O–H groups in total. The highest BCUT2D eigenvalue weighted by molar-refractivity contribution is 5.68. The van der Waals surface area contributed by atoms with Crippen molar-refractivity contribution < 1.29 is 9.63 Å². The molecular weight excluding hydrogens is 358 g/mol. The normalized spacial score (nSPS) is 11.1. The number of hydrogen-bond donors (Lipinski definition) is 1. The molecule has 0 saturated carbocycles. The fourth-order valence-corrected chi connectivity index (χ4v) is 4.11. The first kappa shape index (κ1) is 28.4. The molecule has 0 spiro atoms. The fraction of sp³-hybridized carbons (Fsp3) is 0.962. The Morgan fingerprint density at radius 3 is 0.966 bits per heavy atom. The van der Waals surface area contributed by atoms with Gasteiger partial charge in [-0.05, 0) is 6.42 Å². The molecule has 0 saturated heterocycles. The maximum absolute atomic E-state index is 10.9. The number of unbranched alkanes of at least 4 members (excludes halogenated alkanes) is 22. The van der Waals surface area contributed by atoms with Gasteiger partial charge in [0.05, 0.1) is 0 Å². The summed E-state index contributed by atoms with van der Waals surface area (Å²) in [5.41, 5.74) is 0. The molecule has 0 aliphatic carbocycles. The van der Waals surface area contributed by atoms with Crippen molar-refractivity contribution in [3.05, 3.63) is 0 Å². The predicted molar refractivity (Wildman–Crippen MR) is 127 cm³/mol. The van der Waals surface area contributed by atoms with Gasteiger partial charge in [0.25, 0.3) is 0 Å². The minimum atomic E-state index is -0.284. The molecule has 3 nitrogen and oxygen atoms in total. The second-order valence-electron chi connectivity index (χ2n) is 9.02. The van der Waals surface area contributed by atoms with Gasteiger partial charge < -0.3 is 4.84 Å². The molecule has 0 aromatic rings. The third-order valence-corrected chi connectivity index (χ3v) is 6.12. The van der Waals surface area contributed by atoms with Crippen LogP contribution in [0, 0.1) is 0 Å². The highest BCUT2D eigenvalue weighted by Crippen LogP contribution is 2.15. The maximum atomic E-state index is 10.9. The Bertz CT molecular complexity index is 320. The summed E-state index contributed by atoms with van der Waals surface area (Å²) in [6.07, 6.45) is 32.3. The van der Waals surface area contributed by atoms with Crippen LogP contribution in [0.2, 0.25) is 0 Å². The van der Waals surface area contributed by atoms with Crippen LogP contribution in [0.1, 0.15) is 161 Å². The second-order valence-corrected chi connectivity index (χ2v) is 9.02. The molecule has 174 valence electrons. The van der Waals surface area contributed by atoms with E-state index < -0.39 is 0 Å². The molecule has 0 aliphatic heterocycles. The van der Waals surface area contributed by atoms with Crippen LogP contribution in [-0.2, 0) is 9.63 Å². The molecule has 0 aromatic heterocycles. The summed E-state index contributed by atoms with van der Waals surface area (Å²) in [5.74, 6) is 4.53. The molecule has 0 rings (SSSR count). The van der Waals surface area contributed by atoms with E-state index in [-0.39, 0.29) is 5.97 Å². The van der Waals surface area contributed by atoms with E-state index in [1.165, 1.54) is 135 Å². The SMILES string of the molecule is CCCCCCCCCCCCCCCCCCCCCCCCCC(=O)ON. The minimum Gasteiger partial charge on any atom is -0.373 e. The summed E-state index contributed by atoms with van der Waals surface area (Å²) >= 11 is 0. The van der Waals surface area contributed by atoms with Gasteiger partial charge in [-0.2, -0.15) is 5.90 Å². The highest BCUT2D eigenvalue weighted by Gasteiger charge is 2.00. The van der Waals surface area contributed by atoms with Crippen molar-refractivity contribution in [2.75, 3.05) is 0 Å². The molecule has 0 atom stereocenters. The van der Waals surface area contributed by atoms with Gasteiger partial charge in [-0.1, -0.05) is 148 Å². The van der Waals surface area contributed by atoms with Crippen molar-refractivity contribution >= 4 is 5.97 Å². The quantitative estimate of drug-likeness (QED) is 0.127. The van der Waals surface area contributed by atoms with Crippen molar-refractivity contribution in [3.8, 4) is 0 Å². The Kier molecular flexibility index (Phi) is 25.0. The molecule has 0 fully saturated rings. The van der Waals surface area contributed by atoms with Crippen LogP contribution in [-0.4, -0.2) is 5.97 Å². The Balaban J connectivity index is 3.01. The van der Waals surface area contributed by atoms with Crippen LogP contribution in [0.15, 0.2) is 0 Å². The van der Waals surface area contributed by atoms with Gasteiger partial charge in [0.2, 0.25) is 0 Å². The average molecular weight is 412 g/mol. The third kappa shape index (κ3) is 25.4. The Hall–Kier alpha value is -0.570. The van der Waals surface area contributed by atoms with E-state index in [0.717, 1.165) is 12.8 Å².